The molecule has 5 rings (SSSR count). The zero-order chi connectivity index (χ0) is 17.5. The van der Waals surface area contributed by atoms with E-state index in [4.69, 9.17) is 4.98 Å². The van der Waals surface area contributed by atoms with E-state index in [1.807, 2.05) is 35.2 Å². The van der Waals surface area contributed by atoms with Gasteiger partial charge in [0.1, 0.15) is 0 Å². The average Bonchev–Trinajstić information content (AvgIpc) is 3.35. The molecule has 1 amide bonds. The number of nitrogens with one attached hydrogen (secondary N) is 2. The van der Waals surface area contributed by atoms with Gasteiger partial charge >= 0.3 is 0 Å². The van der Waals surface area contributed by atoms with Gasteiger partial charge < -0.3 is 9.88 Å². The van der Waals surface area contributed by atoms with Crippen LogP contribution in [-0.4, -0.2) is 49.0 Å². The Balaban J connectivity index is 1.39. The fourth-order valence-electron chi connectivity index (χ4n) is 3.72. The molecule has 1 saturated heterocycles. The Bertz CT molecular complexity index is 1100. The molecule has 0 radical (unpaired) electrons. The normalized spacial score (nSPS) is 17.8. The van der Waals surface area contributed by atoms with E-state index in [-0.39, 0.29) is 11.8 Å². The highest BCUT2D eigenvalue weighted by molar-refractivity contribution is 5.97. The molecule has 4 heterocycles. The predicted molar refractivity (Wildman–Crippen MR) is 97.9 cm³/mol. The van der Waals surface area contributed by atoms with Crippen LogP contribution in [0.3, 0.4) is 0 Å². The van der Waals surface area contributed by atoms with Crippen molar-refractivity contribution in [2.45, 2.75) is 18.8 Å². The molecule has 1 aliphatic heterocycles. The minimum absolute atomic E-state index is 0.0637. The molecule has 2 N–H and O–H groups in total. The van der Waals surface area contributed by atoms with E-state index < -0.39 is 0 Å². The van der Waals surface area contributed by atoms with E-state index in [0.29, 0.717) is 12.1 Å². The topological polar surface area (TPSA) is 90.6 Å². The number of hydrogen-bond acceptors (Lipinski definition) is 4. The highest BCUT2D eigenvalue weighted by atomic mass is 16.2. The second kappa shape index (κ2) is 5.94. The standard InChI is InChI=1S/C19H18N6O/c26-19(12-3-6-16-17(8-12)21-11-20-16)25-7-1-2-14(10-25)15-5-4-13-9-22-24-18(13)23-15/h3-6,8-9,11,14H,1-2,7,10H2,(H,20,21)(H,22,23,24)/t14-/m0/s1. The Hall–Kier alpha value is -3.22. The van der Waals surface area contributed by atoms with Crippen molar-refractivity contribution in [3.05, 3.63) is 54.1 Å². The molecular weight excluding hydrogens is 328 g/mol. The Morgan fingerprint density at radius 3 is 3.15 bits per heavy atom. The number of nitrogens with zero attached hydrogens (tertiary/aromatic N) is 4. The molecular formula is C19H18N6O. The molecule has 0 bridgehead atoms. The summed E-state index contributed by atoms with van der Waals surface area (Å²) >= 11 is 0. The zero-order valence-corrected chi connectivity index (χ0v) is 14.1. The molecule has 0 saturated carbocycles. The van der Waals surface area contributed by atoms with Gasteiger partial charge in [0.25, 0.3) is 5.91 Å². The Morgan fingerprint density at radius 2 is 2.19 bits per heavy atom. The predicted octanol–water partition coefficient (Wildman–Crippen LogP) is 2.85. The molecule has 7 heteroatoms. The summed E-state index contributed by atoms with van der Waals surface area (Å²) in [4.78, 5) is 26.9. The van der Waals surface area contributed by atoms with Crippen LogP contribution < -0.4 is 0 Å². The number of fused-ring (bicyclic) bond motifs is 2. The van der Waals surface area contributed by atoms with Crippen LogP contribution in [0.25, 0.3) is 22.1 Å². The first-order valence-corrected chi connectivity index (χ1v) is 8.80. The van der Waals surface area contributed by atoms with E-state index in [9.17, 15) is 4.79 Å². The van der Waals surface area contributed by atoms with Crippen molar-refractivity contribution < 1.29 is 4.79 Å². The van der Waals surface area contributed by atoms with Crippen LogP contribution >= 0.6 is 0 Å². The lowest BCUT2D eigenvalue weighted by Crippen LogP contribution is -2.39. The molecule has 1 fully saturated rings. The SMILES string of the molecule is O=C(c1ccc2nc[nH]c2c1)N1CCC[C@H](c2ccc3cn[nH]c3n2)C1. The zero-order valence-electron chi connectivity index (χ0n) is 14.1. The van der Waals surface area contributed by atoms with Gasteiger partial charge in [-0.25, -0.2) is 9.97 Å². The van der Waals surface area contributed by atoms with Crippen LogP contribution in [0, 0.1) is 0 Å². The maximum Gasteiger partial charge on any atom is 0.253 e. The quantitative estimate of drug-likeness (QED) is 0.584. The summed E-state index contributed by atoms with van der Waals surface area (Å²) in [5.74, 6) is 0.310. The number of rotatable bonds is 2. The van der Waals surface area contributed by atoms with Gasteiger partial charge in [0.05, 0.1) is 23.6 Å². The van der Waals surface area contributed by atoms with Crippen LogP contribution in [-0.2, 0) is 0 Å². The molecule has 0 unspecified atom stereocenters. The summed E-state index contributed by atoms with van der Waals surface area (Å²) < 4.78 is 0. The maximum atomic E-state index is 13.0. The Labute approximate surface area is 149 Å². The van der Waals surface area contributed by atoms with Crippen molar-refractivity contribution in [3.8, 4) is 0 Å². The fraction of sp³-hybridized carbons (Fsp3) is 0.263. The first-order valence-electron chi connectivity index (χ1n) is 8.80. The lowest BCUT2D eigenvalue weighted by atomic mass is 9.93. The average molecular weight is 346 g/mol. The third-order valence-corrected chi connectivity index (χ3v) is 5.12. The van der Waals surface area contributed by atoms with Crippen LogP contribution in [0.15, 0.2) is 42.9 Å². The van der Waals surface area contributed by atoms with Crippen LogP contribution in [0.5, 0.6) is 0 Å². The third kappa shape index (κ3) is 2.52. The van der Waals surface area contributed by atoms with Crippen LogP contribution in [0.1, 0.15) is 34.8 Å². The lowest BCUT2D eigenvalue weighted by molar-refractivity contribution is 0.0706. The molecule has 0 spiro atoms. The van der Waals surface area contributed by atoms with E-state index in [1.54, 1.807) is 12.5 Å². The highest BCUT2D eigenvalue weighted by Gasteiger charge is 2.26. The summed E-state index contributed by atoms with van der Waals surface area (Å²) in [5.41, 5.74) is 4.27. The summed E-state index contributed by atoms with van der Waals surface area (Å²) in [6.07, 6.45) is 5.43. The van der Waals surface area contributed by atoms with Crippen LogP contribution in [0.4, 0.5) is 0 Å². The number of likely N-dealkylation sites (tertiary alicyclic amines) is 1. The number of pyridine rings is 1. The van der Waals surface area contributed by atoms with Gasteiger partial charge in [-0.1, -0.05) is 0 Å². The van der Waals surface area contributed by atoms with Crippen molar-refractivity contribution in [2.24, 2.45) is 0 Å². The minimum Gasteiger partial charge on any atom is -0.345 e. The van der Waals surface area contributed by atoms with Crippen LogP contribution in [0.2, 0.25) is 0 Å². The number of H-pyrrole nitrogens is 2. The van der Waals surface area contributed by atoms with Gasteiger partial charge in [-0.3, -0.25) is 9.89 Å². The van der Waals surface area contributed by atoms with Gasteiger partial charge in [-0.15, -0.1) is 0 Å². The van der Waals surface area contributed by atoms with Gasteiger partial charge in [-0.05, 0) is 43.2 Å². The van der Waals surface area contributed by atoms with Crippen molar-refractivity contribution in [1.82, 2.24) is 30.0 Å². The fourth-order valence-corrected chi connectivity index (χ4v) is 3.72. The van der Waals surface area contributed by atoms with Crippen molar-refractivity contribution in [1.29, 1.82) is 0 Å². The number of aromatic nitrogens is 5. The van der Waals surface area contributed by atoms with E-state index in [1.165, 1.54) is 0 Å². The second-order valence-electron chi connectivity index (χ2n) is 6.77. The summed E-state index contributed by atoms with van der Waals surface area (Å²) in [6, 6.07) is 9.70. The number of amides is 1. The second-order valence-corrected chi connectivity index (χ2v) is 6.77. The minimum atomic E-state index is 0.0637. The van der Waals surface area contributed by atoms with E-state index in [0.717, 1.165) is 47.1 Å². The summed E-state index contributed by atoms with van der Waals surface area (Å²) in [6.45, 7) is 1.47. The molecule has 26 heavy (non-hydrogen) atoms. The number of carbonyl (C=O) groups is 1. The molecule has 1 atom stereocenters. The molecule has 4 aromatic rings. The Morgan fingerprint density at radius 1 is 1.23 bits per heavy atom. The van der Waals surface area contributed by atoms with Gasteiger partial charge in [0, 0.05) is 35.7 Å². The van der Waals surface area contributed by atoms with Gasteiger partial charge in [0.2, 0.25) is 0 Å². The largest absolute Gasteiger partial charge is 0.345 e. The smallest absolute Gasteiger partial charge is 0.253 e. The van der Waals surface area contributed by atoms with Crippen molar-refractivity contribution in [2.75, 3.05) is 13.1 Å². The Kier molecular flexibility index (Phi) is 3.44. The van der Waals surface area contributed by atoms with Gasteiger partial charge in [0.15, 0.2) is 5.65 Å². The summed E-state index contributed by atoms with van der Waals surface area (Å²) in [5, 5.41) is 7.96. The molecule has 130 valence electrons. The number of aromatic amines is 2. The molecule has 7 nitrogen and oxygen atoms in total. The maximum absolute atomic E-state index is 13.0. The molecule has 1 aliphatic rings. The molecule has 1 aromatic carbocycles. The first-order chi connectivity index (χ1) is 12.8. The van der Waals surface area contributed by atoms with Crippen molar-refractivity contribution >= 4 is 28.0 Å². The number of hydrogen-bond donors (Lipinski definition) is 2. The number of piperidine rings is 1. The first kappa shape index (κ1) is 15.1. The number of carbonyl (C=O) groups excluding carboxylic acids is 1. The highest BCUT2D eigenvalue weighted by Crippen LogP contribution is 2.28. The monoisotopic (exact) mass is 346 g/mol. The molecule has 0 aliphatic carbocycles. The summed E-state index contributed by atoms with van der Waals surface area (Å²) in [7, 11) is 0. The van der Waals surface area contributed by atoms with E-state index >= 15 is 0 Å². The lowest BCUT2D eigenvalue weighted by Gasteiger charge is -2.32. The number of benzene rings is 1. The van der Waals surface area contributed by atoms with Gasteiger partial charge in [-0.2, -0.15) is 5.10 Å². The van der Waals surface area contributed by atoms with Crippen molar-refractivity contribution in [3.63, 3.8) is 0 Å². The third-order valence-electron chi connectivity index (χ3n) is 5.12. The number of imidazole rings is 1. The van der Waals surface area contributed by atoms with E-state index in [2.05, 4.69) is 20.2 Å². The molecule has 3 aromatic heterocycles.